The molecule has 0 amide bonds. The van der Waals surface area contributed by atoms with Gasteiger partial charge in [0, 0.05) is 18.6 Å². The highest BCUT2D eigenvalue weighted by Gasteiger charge is 2.21. The second kappa shape index (κ2) is 5.31. The smallest absolute Gasteiger partial charge is 0.345 e. The predicted molar refractivity (Wildman–Crippen MR) is 63.9 cm³/mol. The Morgan fingerprint density at radius 3 is 2.89 bits per heavy atom. The molecule has 6 heteroatoms. The van der Waals surface area contributed by atoms with Crippen LogP contribution in [-0.2, 0) is 4.74 Å². The van der Waals surface area contributed by atoms with Crippen molar-refractivity contribution in [2.45, 2.75) is 6.92 Å². The lowest BCUT2D eigenvalue weighted by Crippen LogP contribution is -2.13. The summed E-state index contributed by atoms with van der Waals surface area (Å²) in [6.45, 7) is 2.03. The van der Waals surface area contributed by atoms with Crippen molar-refractivity contribution in [3.63, 3.8) is 0 Å². The molecule has 0 N–H and O–H groups in total. The Morgan fingerprint density at radius 2 is 2.28 bits per heavy atom. The Labute approximate surface area is 104 Å². The summed E-state index contributed by atoms with van der Waals surface area (Å²) in [7, 11) is 1.49. The van der Waals surface area contributed by atoms with Gasteiger partial charge in [-0.1, -0.05) is 0 Å². The topological polar surface area (TPSA) is 66.2 Å². The normalized spacial score (nSPS) is 10.1. The minimum atomic E-state index is -0.479. The minimum absolute atomic E-state index is 0.269. The SMILES string of the molecule is CCOC(=O)c1c(OC)ccnc1-n1cccn1. The molecule has 0 unspecified atom stereocenters. The molecule has 0 aliphatic rings. The number of hydrogen-bond acceptors (Lipinski definition) is 5. The summed E-state index contributed by atoms with van der Waals surface area (Å²) in [5.74, 6) is 0.319. The minimum Gasteiger partial charge on any atom is -0.496 e. The third-order valence-electron chi connectivity index (χ3n) is 2.31. The number of ether oxygens (including phenoxy) is 2. The molecule has 94 valence electrons. The molecule has 6 nitrogen and oxygen atoms in total. The molecular formula is C12H13N3O3. The van der Waals surface area contributed by atoms with Crippen LogP contribution in [0.5, 0.6) is 5.75 Å². The van der Waals surface area contributed by atoms with Gasteiger partial charge in [-0.2, -0.15) is 5.10 Å². The summed E-state index contributed by atoms with van der Waals surface area (Å²) in [6.07, 6.45) is 4.86. The van der Waals surface area contributed by atoms with Gasteiger partial charge in [0.15, 0.2) is 5.82 Å². The number of esters is 1. The molecule has 0 saturated carbocycles. The Hall–Kier alpha value is -2.37. The summed E-state index contributed by atoms with van der Waals surface area (Å²) in [6, 6.07) is 3.36. The van der Waals surface area contributed by atoms with Crippen LogP contribution < -0.4 is 4.74 Å². The van der Waals surface area contributed by atoms with E-state index in [0.29, 0.717) is 11.6 Å². The quantitative estimate of drug-likeness (QED) is 0.765. The van der Waals surface area contributed by atoms with E-state index in [-0.39, 0.29) is 12.2 Å². The molecule has 0 fully saturated rings. The molecule has 0 aliphatic heterocycles. The van der Waals surface area contributed by atoms with Crippen LogP contribution in [0.15, 0.2) is 30.7 Å². The van der Waals surface area contributed by atoms with E-state index in [1.54, 1.807) is 37.6 Å². The number of hydrogen-bond donors (Lipinski definition) is 0. The van der Waals surface area contributed by atoms with Gasteiger partial charge in [0.2, 0.25) is 0 Å². The van der Waals surface area contributed by atoms with E-state index >= 15 is 0 Å². The lowest BCUT2D eigenvalue weighted by molar-refractivity contribution is 0.0522. The van der Waals surface area contributed by atoms with Crippen LogP contribution in [0.25, 0.3) is 5.82 Å². The molecule has 2 heterocycles. The van der Waals surface area contributed by atoms with Crippen molar-refractivity contribution < 1.29 is 14.3 Å². The van der Waals surface area contributed by atoms with E-state index in [9.17, 15) is 4.79 Å². The van der Waals surface area contributed by atoms with E-state index in [1.807, 2.05) is 0 Å². The summed E-state index contributed by atoms with van der Waals surface area (Å²) in [5, 5.41) is 4.06. The lowest BCUT2D eigenvalue weighted by Gasteiger charge is -2.11. The highest BCUT2D eigenvalue weighted by molar-refractivity contribution is 5.95. The van der Waals surface area contributed by atoms with Crippen LogP contribution in [0.2, 0.25) is 0 Å². The second-order valence-electron chi connectivity index (χ2n) is 3.38. The highest BCUT2D eigenvalue weighted by Crippen LogP contribution is 2.23. The monoisotopic (exact) mass is 247 g/mol. The third-order valence-corrected chi connectivity index (χ3v) is 2.31. The number of carbonyl (C=O) groups is 1. The fourth-order valence-electron chi connectivity index (χ4n) is 1.57. The maximum Gasteiger partial charge on any atom is 0.345 e. The van der Waals surface area contributed by atoms with Crippen molar-refractivity contribution in [2.24, 2.45) is 0 Å². The Morgan fingerprint density at radius 1 is 1.44 bits per heavy atom. The lowest BCUT2D eigenvalue weighted by atomic mass is 10.2. The van der Waals surface area contributed by atoms with Gasteiger partial charge in [-0.3, -0.25) is 0 Å². The second-order valence-corrected chi connectivity index (χ2v) is 3.38. The van der Waals surface area contributed by atoms with Crippen LogP contribution in [-0.4, -0.2) is 34.5 Å². The van der Waals surface area contributed by atoms with E-state index < -0.39 is 5.97 Å². The number of carbonyl (C=O) groups excluding carboxylic acids is 1. The van der Waals surface area contributed by atoms with Crippen LogP contribution in [0.3, 0.4) is 0 Å². The van der Waals surface area contributed by atoms with E-state index in [1.165, 1.54) is 11.8 Å². The zero-order chi connectivity index (χ0) is 13.0. The van der Waals surface area contributed by atoms with Crippen LogP contribution in [0.1, 0.15) is 17.3 Å². The van der Waals surface area contributed by atoms with Gasteiger partial charge in [-0.25, -0.2) is 14.5 Å². The van der Waals surface area contributed by atoms with Gasteiger partial charge in [0.05, 0.1) is 13.7 Å². The molecule has 18 heavy (non-hydrogen) atoms. The van der Waals surface area contributed by atoms with Crippen molar-refractivity contribution >= 4 is 5.97 Å². The average Bonchev–Trinajstić information content (AvgIpc) is 2.91. The molecule has 2 aromatic rings. The molecule has 0 atom stereocenters. The van der Waals surface area contributed by atoms with Gasteiger partial charge in [-0.05, 0) is 19.1 Å². The van der Waals surface area contributed by atoms with E-state index in [0.717, 1.165) is 0 Å². The van der Waals surface area contributed by atoms with Crippen LogP contribution in [0.4, 0.5) is 0 Å². The molecule has 2 aromatic heterocycles. The fraction of sp³-hybridized carbons (Fsp3) is 0.250. The summed E-state index contributed by atoms with van der Waals surface area (Å²) < 4.78 is 11.7. The van der Waals surface area contributed by atoms with Crippen molar-refractivity contribution in [3.05, 3.63) is 36.3 Å². The van der Waals surface area contributed by atoms with Crippen molar-refractivity contribution in [3.8, 4) is 11.6 Å². The first kappa shape index (κ1) is 12.1. The zero-order valence-electron chi connectivity index (χ0n) is 10.2. The molecule has 2 rings (SSSR count). The molecule has 0 spiro atoms. The number of pyridine rings is 1. The summed E-state index contributed by atoms with van der Waals surface area (Å²) in [4.78, 5) is 16.1. The highest BCUT2D eigenvalue weighted by atomic mass is 16.5. The standard InChI is InChI=1S/C12H13N3O3/c1-3-18-12(16)10-9(17-2)5-7-13-11(10)15-8-4-6-14-15/h4-8H,3H2,1-2H3. The summed E-state index contributed by atoms with van der Waals surface area (Å²) >= 11 is 0. The van der Waals surface area contributed by atoms with Crippen molar-refractivity contribution in [1.29, 1.82) is 0 Å². The zero-order valence-corrected chi connectivity index (χ0v) is 10.2. The molecule has 0 radical (unpaired) electrons. The summed E-state index contributed by atoms with van der Waals surface area (Å²) in [5.41, 5.74) is 0.269. The van der Waals surface area contributed by atoms with Gasteiger partial charge in [0.1, 0.15) is 11.3 Å². The van der Waals surface area contributed by atoms with Crippen LogP contribution >= 0.6 is 0 Å². The van der Waals surface area contributed by atoms with Gasteiger partial charge >= 0.3 is 5.97 Å². The first-order valence-electron chi connectivity index (χ1n) is 5.48. The maximum absolute atomic E-state index is 12.0. The number of nitrogens with zero attached hydrogens (tertiary/aromatic N) is 3. The van der Waals surface area contributed by atoms with Crippen LogP contribution in [0, 0.1) is 0 Å². The first-order chi connectivity index (χ1) is 8.77. The molecule has 0 bridgehead atoms. The Balaban J connectivity index is 2.55. The van der Waals surface area contributed by atoms with Crippen molar-refractivity contribution in [2.75, 3.05) is 13.7 Å². The predicted octanol–water partition coefficient (Wildman–Crippen LogP) is 1.45. The Kier molecular flexibility index (Phi) is 3.57. The molecule has 0 aromatic carbocycles. The molecule has 0 saturated heterocycles. The third kappa shape index (κ3) is 2.17. The average molecular weight is 247 g/mol. The van der Waals surface area contributed by atoms with Gasteiger partial charge < -0.3 is 9.47 Å². The Bertz CT molecular complexity index is 538. The van der Waals surface area contributed by atoms with Gasteiger partial charge in [0.25, 0.3) is 0 Å². The van der Waals surface area contributed by atoms with E-state index in [4.69, 9.17) is 9.47 Å². The molecule has 0 aliphatic carbocycles. The number of aromatic nitrogens is 3. The fourth-order valence-corrected chi connectivity index (χ4v) is 1.57. The van der Waals surface area contributed by atoms with Gasteiger partial charge in [-0.15, -0.1) is 0 Å². The number of methoxy groups -OCH3 is 1. The largest absolute Gasteiger partial charge is 0.496 e. The van der Waals surface area contributed by atoms with E-state index in [2.05, 4.69) is 10.1 Å². The maximum atomic E-state index is 12.0. The first-order valence-corrected chi connectivity index (χ1v) is 5.48. The molecular weight excluding hydrogens is 234 g/mol. The van der Waals surface area contributed by atoms with Crippen molar-refractivity contribution in [1.82, 2.24) is 14.8 Å². The number of rotatable bonds is 4.